The first kappa shape index (κ1) is 4.73. The van der Waals surface area contributed by atoms with Crippen molar-refractivity contribution < 1.29 is 0 Å². The highest BCUT2D eigenvalue weighted by molar-refractivity contribution is 5.15. The third-order valence-electron chi connectivity index (χ3n) is 3.79. The molecule has 1 nitrogen and oxygen atoms in total. The first-order valence-corrected chi connectivity index (χ1v) is 4.13. The van der Waals surface area contributed by atoms with Gasteiger partial charge in [-0.2, -0.15) is 0 Å². The summed E-state index contributed by atoms with van der Waals surface area (Å²) in [6, 6.07) is 0.635. The van der Waals surface area contributed by atoms with Crippen molar-refractivity contribution in [1.82, 2.24) is 0 Å². The molecule has 3 saturated carbocycles. The first-order chi connectivity index (χ1) is 4.38. The van der Waals surface area contributed by atoms with Crippen LogP contribution in [-0.2, 0) is 0 Å². The van der Waals surface area contributed by atoms with E-state index in [0.29, 0.717) is 6.04 Å². The van der Waals surface area contributed by atoms with Crippen molar-refractivity contribution in [1.29, 1.82) is 0 Å². The van der Waals surface area contributed by atoms with Gasteiger partial charge < -0.3 is 5.73 Å². The number of fused-ring (bicyclic) bond motifs is 5. The predicted molar refractivity (Wildman–Crippen MR) is 35.8 cm³/mol. The molecule has 1 heteroatoms. The highest BCUT2D eigenvalue weighted by atomic mass is 14.9. The van der Waals surface area contributed by atoms with Crippen LogP contribution in [0.2, 0.25) is 0 Å². The zero-order valence-electron chi connectivity index (χ0n) is 5.59. The molecule has 0 heterocycles. The van der Waals surface area contributed by atoms with Gasteiger partial charge in [0.2, 0.25) is 0 Å². The minimum atomic E-state index is 0.635. The lowest BCUT2D eigenvalue weighted by Crippen LogP contribution is -2.11. The largest absolute Gasteiger partial charge is 0.327 e. The second-order valence-electron chi connectivity index (χ2n) is 4.07. The highest BCUT2D eigenvalue weighted by Crippen LogP contribution is 2.64. The van der Waals surface area contributed by atoms with Gasteiger partial charge in [0, 0.05) is 6.04 Å². The number of hydrogen-bond donors (Lipinski definition) is 1. The summed E-state index contributed by atoms with van der Waals surface area (Å²) in [4.78, 5) is 0. The lowest BCUT2D eigenvalue weighted by molar-refractivity contribution is 0.456. The van der Waals surface area contributed by atoms with Gasteiger partial charge in [-0.05, 0) is 42.9 Å². The normalized spacial score (nSPS) is 68.3. The van der Waals surface area contributed by atoms with Crippen molar-refractivity contribution >= 4 is 0 Å². The second kappa shape index (κ2) is 1.20. The quantitative estimate of drug-likeness (QED) is 0.510. The van der Waals surface area contributed by atoms with Crippen LogP contribution < -0.4 is 5.73 Å². The average molecular weight is 123 g/mol. The van der Waals surface area contributed by atoms with Crippen molar-refractivity contribution in [2.75, 3.05) is 0 Å². The van der Waals surface area contributed by atoms with Crippen LogP contribution in [0.4, 0.5) is 0 Å². The van der Waals surface area contributed by atoms with Crippen LogP contribution in [0.1, 0.15) is 19.3 Å². The fourth-order valence-corrected chi connectivity index (χ4v) is 3.39. The van der Waals surface area contributed by atoms with E-state index in [1.807, 2.05) is 0 Å². The first-order valence-electron chi connectivity index (χ1n) is 4.13. The van der Waals surface area contributed by atoms with Crippen LogP contribution in [0.15, 0.2) is 0 Å². The SMILES string of the molecule is NC1[C@@H]2[C@H]3CC[C@H](C3)[C@H]12. The fraction of sp³-hybridized carbons (Fsp3) is 1.00. The maximum absolute atomic E-state index is 5.89. The Balaban J connectivity index is 1.96. The van der Waals surface area contributed by atoms with Crippen LogP contribution in [0.5, 0.6) is 0 Å². The van der Waals surface area contributed by atoms with Gasteiger partial charge in [-0.15, -0.1) is 0 Å². The molecule has 0 aromatic carbocycles. The van der Waals surface area contributed by atoms with E-state index in [1.165, 1.54) is 19.3 Å². The standard InChI is InChI=1S/C8H13N/c9-8-6-4-1-2-5(3-4)7(6)8/h4-8H,1-3,9H2/t4-,5+,6+,7-,8?. The Hall–Kier alpha value is -0.0400. The molecule has 3 aliphatic carbocycles. The van der Waals surface area contributed by atoms with Gasteiger partial charge in [-0.25, -0.2) is 0 Å². The van der Waals surface area contributed by atoms with E-state index in [9.17, 15) is 0 Å². The fourth-order valence-electron chi connectivity index (χ4n) is 3.39. The van der Waals surface area contributed by atoms with Crippen molar-refractivity contribution in [3.05, 3.63) is 0 Å². The molecule has 0 aromatic heterocycles. The zero-order chi connectivity index (χ0) is 6.01. The molecule has 3 rings (SSSR count). The summed E-state index contributed by atoms with van der Waals surface area (Å²) in [5, 5.41) is 0. The predicted octanol–water partition coefficient (Wildman–Crippen LogP) is 0.990. The Morgan fingerprint density at radius 2 is 1.56 bits per heavy atom. The maximum atomic E-state index is 5.89. The minimum Gasteiger partial charge on any atom is -0.327 e. The maximum Gasteiger partial charge on any atom is 0.0108 e. The molecule has 50 valence electrons. The van der Waals surface area contributed by atoms with Crippen LogP contribution in [0.3, 0.4) is 0 Å². The molecule has 3 fully saturated rings. The monoisotopic (exact) mass is 123 g/mol. The summed E-state index contributed by atoms with van der Waals surface area (Å²) in [7, 11) is 0. The summed E-state index contributed by atoms with van der Waals surface area (Å²) >= 11 is 0. The Labute approximate surface area is 55.6 Å². The van der Waals surface area contributed by atoms with Crippen molar-refractivity contribution in [3.8, 4) is 0 Å². The molecule has 0 radical (unpaired) electrons. The Bertz CT molecular complexity index is 135. The third-order valence-corrected chi connectivity index (χ3v) is 3.79. The van der Waals surface area contributed by atoms with Gasteiger partial charge in [-0.1, -0.05) is 0 Å². The Morgan fingerprint density at radius 1 is 1.00 bits per heavy atom. The number of hydrogen-bond acceptors (Lipinski definition) is 1. The van der Waals surface area contributed by atoms with Crippen LogP contribution >= 0.6 is 0 Å². The molecule has 9 heavy (non-hydrogen) atoms. The molecule has 0 aliphatic heterocycles. The van der Waals surface area contributed by atoms with E-state index >= 15 is 0 Å². The van der Waals surface area contributed by atoms with E-state index in [-0.39, 0.29) is 0 Å². The topological polar surface area (TPSA) is 26.0 Å². The molecular formula is C8H13N. The lowest BCUT2D eigenvalue weighted by atomic mass is 10.0. The number of rotatable bonds is 0. The van der Waals surface area contributed by atoms with Gasteiger partial charge in [0.1, 0.15) is 0 Å². The van der Waals surface area contributed by atoms with Gasteiger partial charge in [-0.3, -0.25) is 0 Å². The smallest absolute Gasteiger partial charge is 0.0108 e. The zero-order valence-corrected chi connectivity index (χ0v) is 5.59. The van der Waals surface area contributed by atoms with E-state index < -0.39 is 0 Å². The Kier molecular flexibility index (Phi) is 0.628. The molecule has 0 amide bonds. The van der Waals surface area contributed by atoms with E-state index in [1.54, 1.807) is 0 Å². The molecule has 2 bridgehead atoms. The summed E-state index contributed by atoms with van der Waals surface area (Å²) < 4.78 is 0. The molecule has 1 unspecified atom stereocenters. The van der Waals surface area contributed by atoms with Crippen molar-refractivity contribution in [2.45, 2.75) is 25.3 Å². The van der Waals surface area contributed by atoms with Crippen molar-refractivity contribution in [2.24, 2.45) is 29.4 Å². The molecule has 3 aliphatic rings. The second-order valence-corrected chi connectivity index (χ2v) is 4.07. The summed E-state index contributed by atoms with van der Waals surface area (Å²) in [5.41, 5.74) is 5.89. The summed E-state index contributed by atoms with van der Waals surface area (Å²) in [6.07, 6.45) is 4.53. The molecule has 0 aromatic rings. The number of nitrogens with two attached hydrogens (primary N) is 1. The average Bonchev–Trinajstić information content (AvgIpc) is 2.29. The van der Waals surface area contributed by atoms with Crippen LogP contribution in [0.25, 0.3) is 0 Å². The van der Waals surface area contributed by atoms with E-state index in [0.717, 1.165) is 23.7 Å². The van der Waals surface area contributed by atoms with Crippen LogP contribution in [0, 0.1) is 23.7 Å². The molecule has 0 saturated heterocycles. The summed E-state index contributed by atoms with van der Waals surface area (Å²) in [6.45, 7) is 0. The van der Waals surface area contributed by atoms with Gasteiger partial charge in [0.25, 0.3) is 0 Å². The Morgan fingerprint density at radius 3 is 2.00 bits per heavy atom. The lowest BCUT2D eigenvalue weighted by Gasteiger charge is -2.03. The van der Waals surface area contributed by atoms with Gasteiger partial charge >= 0.3 is 0 Å². The molecule has 2 N–H and O–H groups in total. The van der Waals surface area contributed by atoms with Gasteiger partial charge in [0.15, 0.2) is 0 Å². The van der Waals surface area contributed by atoms with E-state index in [2.05, 4.69) is 0 Å². The molecular weight excluding hydrogens is 110 g/mol. The molecule has 0 spiro atoms. The van der Waals surface area contributed by atoms with Crippen molar-refractivity contribution in [3.63, 3.8) is 0 Å². The van der Waals surface area contributed by atoms with E-state index in [4.69, 9.17) is 5.73 Å². The molecule has 5 atom stereocenters. The van der Waals surface area contributed by atoms with Crippen LogP contribution in [-0.4, -0.2) is 6.04 Å². The van der Waals surface area contributed by atoms with Gasteiger partial charge in [0.05, 0.1) is 0 Å². The summed E-state index contributed by atoms with van der Waals surface area (Å²) in [5.74, 6) is 4.11. The highest BCUT2D eigenvalue weighted by Gasteiger charge is 2.63. The minimum absolute atomic E-state index is 0.635. The third kappa shape index (κ3) is 0.389.